The van der Waals surface area contributed by atoms with Crippen LogP contribution in [-0.2, 0) is 5.54 Å². The lowest BCUT2D eigenvalue weighted by atomic mass is 9.77. The zero-order valence-corrected chi connectivity index (χ0v) is 16.2. The van der Waals surface area contributed by atoms with Gasteiger partial charge in [-0.2, -0.15) is 0 Å². The summed E-state index contributed by atoms with van der Waals surface area (Å²) in [5.74, 6) is -6.28. The molecule has 0 aliphatic carbocycles. The smallest absolute Gasteiger partial charge is 0.280 e. The Morgan fingerprint density at radius 2 is 1.90 bits per heavy atom. The average Bonchev–Trinajstić information content (AvgIpc) is 2.61. The molecule has 29 heavy (non-hydrogen) atoms. The van der Waals surface area contributed by atoms with E-state index in [1.165, 1.54) is 30.5 Å². The van der Waals surface area contributed by atoms with Crippen molar-refractivity contribution in [2.24, 2.45) is 10.7 Å². The van der Waals surface area contributed by atoms with Gasteiger partial charge in [-0.1, -0.05) is 23.7 Å². The fraction of sp³-hybridized carbons (Fsp3) is 0.316. The number of pyridine rings is 1. The van der Waals surface area contributed by atoms with Crippen LogP contribution in [-0.4, -0.2) is 28.3 Å². The van der Waals surface area contributed by atoms with Gasteiger partial charge in [0.15, 0.2) is 17.0 Å². The summed E-state index contributed by atoms with van der Waals surface area (Å²) in [6, 6.07) is 6.31. The molecule has 154 valence electrons. The second-order valence-electron chi connectivity index (χ2n) is 7.13. The standard InChI is InChI=1S/C19H17ClF4N4O/c1-17(22)9-19(23,24)18(2,28-16(17)25)11-4-3-5-12(14(11)21)27-15(29)13-7-6-10(20)8-26-13/h3-8H,9H2,1-2H3,(H2,25,28)(H,27,29)/t17-,18-/m1/s1. The van der Waals surface area contributed by atoms with Crippen molar-refractivity contribution in [3.05, 3.63) is 58.6 Å². The SMILES string of the molecule is C[C@@]1(F)CC(F)(F)[C@@](C)(c2cccc(NC(=O)c3ccc(Cl)cn3)c2F)N=C1N. The first kappa shape index (κ1) is 21.0. The molecular weight excluding hydrogens is 412 g/mol. The van der Waals surface area contributed by atoms with Gasteiger partial charge in [-0.3, -0.25) is 9.79 Å². The second kappa shape index (κ2) is 6.98. The number of benzene rings is 1. The molecule has 1 aromatic heterocycles. The highest BCUT2D eigenvalue weighted by atomic mass is 35.5. The van der Waals surface area contributed by atoms with Gasteiger partial charge in [-0.15, -0.1) is 0 Å². The third kappa shape index (κ3) is 3.66. The first-order valence-electron chi connectivity index (χ1n) is 8.52. The molecule has 0 fully saturated rings. The molecule has 2 atom stereocenters. The lowest BCUT2D eigenvalue weighted by Gasteiger charge is -2.42. The Bertz CT molecular complexity index is 994. The van der Waals surface area contributed by atoms with Crippen molar-refractivity contribution >= 4 is 29.0 Å². The lowest BCUT2D eigenvalue weighted by molar-refractivity contribution is -0.106. The van der Waals surface area contributed by atoms with Gasteiger partial charge in [0.2, 0.25) is 0 Å². The van der Waals surface area contributed by atoms with E-state index in [0.29, 0.717) is 5.02 Å². The summed E-state index contributed by atoms with van der Waals surface area (Å²) < 4.78 is 59.0. The zero-order valence-electron chi connectivity index (χ0n) is 15.4. The number of carbonyl (C=O) groups is 1. The summed E-state index contributed by atoms with van der Waals surface area (Å²) in [5.41, 5.74) is -0.375. The Balaban J connectivity index is 2.01. The van der Waals surface area contributed by atoms with Gasteiger partial charge in [-0.25, -0.2) is 22.5 Å². The van der Waals surface area contributed by atoms with Crippen LogP contribution in [0.1, 0.15) is 36.3 Å². The molecule has 0 radical (unpaired) electrons. The van der Waals surface area contributed by atoms with E-state index in [1.54, 1.807) is 0 Å². The monoisotopic (exact) mass is 428 g/mol. The van der Waals surface area contributed by atoms with Crippen LogP contribution in [0.25, 0.3) is 0 Å². The fourth-order valence-electron chi connectivity index (χ4n) is 3.08. The number of nitrogens with zero attached hydrogens (tertiary/aromatic N) is 2. The van der Waals surface area contributed by atoms with E-state index in [9.17, 15) is 18.0 Å². The molecule has 3 rings (SSSR count). The molecule has 0 bridgehead atoms. The van der Waals surface area contributed by atoms with E-state index < -0.39 is 46.7 Å². The number of amides is 1. The Morgan fingerprint density at radius 3 is 2.52 bits per heavy atom. The molecule has 3 N–H and O–H groups in total. The predicted octanol–water partition coefficient (Wildman–Crippen LogP) is 4.47. The highest BCUT2D eigenvalue weighted by Gasteiger charge is 2.60. The summed E-state index contributed by atoms with van der Waals surface area (Å²) >= 11 is 5.71. The lowest BCUT2D eigenvalue weighted by Crippen LogP contribution is -2.56. The van der Waals surface area contributed by atoms with Crippen LogP contribution in [0.2, 0.25) is 5.02 Å². The number of hydrogen-bond donors (Lipinski definition) is 2. The summed E-state index contributed by atoms with van der Waals surface area (Å²) in [6.07, 6.45) is -0.0190. The summed E-state index contributed by atoms with van der Waals surface area (Å²) in [4.78, 5) is 19.7. The predicted molar refractivity (Wildman–Crippen MR) is 102 cm³/mol. The summed E-state index contributed by atoms with van der Waals surface area (Å²) in [5, 5.41) is 2.58. The maximum absolute atomic E-state index is 15.1. The van der Waals surface area contributed by atoms with Crippen LogP contribution < -0.4 is 11.1 Å². The van der Waals surface area contributed by atoms with Crippen molar-refractivity contribution in [2.45, 2.75) is 37.4 Å². The van der Waals surface area contributed by atoms with E-state index in [-0.39, 0.29) is 11.4 Å². The number of carbonyl (C=O) groups excluding carboxylic acids is 1. The molecule has 1 aromatic carbocycles. The number of halogens is 5. The number of rotatable bonds is 3. The molecular formula is C19H17ClF4N4O. The van der Waals surface area contributed by atoms with Crippen molar-refractivity contribution in [1.82, 2.24) is 4.98 Å². The second-order valence-corrected chi connectivity index (χ2v) is 7.57. The minimum Gasteiger partial charge on any atom is -0.385 e. The number of anilines is 1. The fourth-order valence-corrected chi connectivity index (χ4v) is 3.19. The maximum Gasteiger partial charge on any atom is 0.280 e. The maximum atomic E-state index is 15.1. The quantitative estimate of drug-likeness (QED) is 0.708. The average molecular weight is 429 g/mol. The Hall–Kier alpha value is -2.68. The van der Waals surface area contributed by atoms with Gasteiger partial charge in [0.1, 0.15) is 11.5 Å². The molecule has 2 heterocycles. The first-order chi connectivity index (χ1) is 13.4. The van der Waals surface area contributed by atoms with Crippen molar-refractivity contribution in [1.29, 1.82) is 0 Å². The third-order valence-corrected chi connectivity index (χ3v) is 5.10. The van der Waals surface area contributed by atoms with E-state index in [0.717, 1.165) is 19.9 Å². The summed E-state index contributed by atoms with van der Waals surface area (Å²) in [6.45, 7) is 1.87. The molecule has 1 amide bonds. The Morgan fingerprint density at radius 1 is 1.21 bits per heavy atom. The van der Waals surface area contributed by atoms with Crippen molar-refractivity contribution < 1.29 is 22.4 Å². The molecule has 10 heteroatoms. The zero-order chi connectivity index (χ0) is 21.6. The minimum absolute atomic E-state index is 0.0520. The van der Waals surface area contributed by atoms with Gasteiger partial charge in [-0.05, 0) is 32.0 Å². The number of aliphatic imine (C=N–C) groups is 1. The molecule has 0 spiro atoms. The molecule has 0 unspecified atom stereocenters. The summed E-state index contributed by atoms with van der Waals surface area (Å²) in [7, 11) is 0. The molecule has 0 saturated heterocycles. The van der Waals surface area contributed by atoms with E-state index >= 15 is 4.39 Å². The van der Waals surface area contributed by atoms with Crippen molar-refractivity contribution in [3.63, 3.8) is 0 Å². The van der Waals surface area contributed by atoms with E-state index in [1.807, 2.05) is 0 Å². The highest BCUT2D eigenvalue weighted by molar-refractivity contribution is 6.30. The topological polar surface area (TPSA) is 80.4 Å². The number of amidine groups is 1. The van der Waals surface area contributed by atoms with Crippen LogP contribution in [0, 0.1) is 5.82 Å². The van der Waals surface area contributed by atoms with Crippen molar-refractivity contribution in [2.75, 3.05) is 5.32 Å². The number of hydrogen-bond acceptors (Lipinski definition) is 4. The molecule has 0 saturated carbocycles. The van der Waals surface area contributed by atoms with Gasteiger partial charge >= 0.3 is 0 Å². The van der Waals surface area contributed by atoms with Gasteiger partial charge in [0.25, 0.3) is 11.8 Å². The van der Waals surface area contributed by atoms with Gasteiger partial charge < -0.3 is 11.1 Å². The Labute approximate surface area is 169 Å². The number of aromatic nitrogens is 1. The number of nitrogens with two attached hydrogens (primary N) is 1. The van der Waals surface area contributed by atoms with Crippen LogP contribution in [0.4, 0.5) is 23.2 Å². The number of nitrogens with one attached hydrogen (secondary N) is 1. The van der Waals surface area contributed by atoms with Gasteiger partial charge in [0, 0.05) is 11.8 Å². The van der Waals surface area contributed by atoms with Crippen LogP contribution in [0.3, 0.4) is 0 Å². The van der Waals surface area contributed by atoms with Crippen LogP contribution >= 0.6 is 11.6 Å². The highest BCUT2D eigenvalue weighted by Crippen LogP contribution is 2.50. The van der Waals surface area contributed by atoms with E-state index in [4.69, 9.17) is 17.3 Å². The first-order valence-corrected chi connectivity index (χ1v) is 8.90. The minimum atomic E-state index is -3.74. The van der Waals surface area contributed by atoms with E-state index in [2.05, 4.69) is 15.3 Å². The molecule has 5 nitrogen and oxygen atoms in total. The Kier molecular flexibility index (Phi) is 5.06. The normalized spacial score (nSPS) is 26.0. The van der Waals surface area contributed by atoms with Crippen LogP contribution in [0.5, 0.6) is 0 Å². The van der Waals surface area contributed by atoms with Crippen molar-refractivity contribution in [3.8, 4) is 0 Å². The van der Waals surface area contributed by atoms with Gasteiger partial charge in [0.05, 0.1) is 17.1 Å². The third-order valence-electron chi connectivity index (χ3n) is 4.88. The number of alkyl halides is 3. The molecule has 1 aliphatic rings. The van der Waals surface area contributed by atoms with Crippen LogP contribution in [0.15, 0.2) is 41.5 Å². The molecule has 1 aliphatic heterocycles. The molecule has 2 aromatic rings. The largest absolute Gasteiger partial charge is 0.385 e.